The van der Waals surface area contributed by atoms with E-state index in [0.29, 0.717) is 9.67 Å². The normalized spacial score (nSPS) is 22.5. The van der Waals surface area contributed by atoms with Crippen molar-refractivity contribution in [2.45, 2.75) is 129 Å². The molecule has 1 heterocycles. The Hall–Kier alpha value is -0.450. The number of hydrogen-bond donors (Lipinski definition) is 1. The highest BCUT2D eigenvalue weighted by molar-refractivity contribution is 14.1. The summed E-state index contributed by atoms with van der Waals surface area (Å²) in [4.78, 5) is 0. The average Bonchev–Trinajstić information content (AvgIpc) is 2.72. The topological polar surface area (TPSA) is 29.5 Å². The molecule has 0 fully saturated rings. The molecule has 2 nitrogen and oxygen atoms in total. The zero-order valence-corrected chi connectivity index (χ0v) is 24.3. The van der Waals surface area contributed by atoms with Gasteiger partial charge in [-0.1, -0.05) is 95.2 Å². The van der Waals surface area contributed by atoms with Gasteiger partial charge in [0.2, 0.25) is 0 Å². The third-order valence-corrected chi connectivity index (χ3v) is 9.72. The van der Waals surface area contributed by atoms with Crippen LogP contribution in [0.3, 0.4) is 0 Å². The lowest BCUT2D eigenvalue weighted by Gasteiger charge is -2.42. The number of halogens is 1. The summed E-state index contributed by atoms with van der Waals surface area (Å²) >= 11 is 2.58. The zero-order chi connectivity index (χ0) is 24.1. The maximum absolute atomic E-state index is 10.5. The van der Waals surface area contributed by atoms with Crippen molar-refractivity contribution in [3.05, 3.63) is 22.3 Å². The van der Waals surface area contributed by atoms with Gasteiger partial charge in [0.05, 0.1) is 3.92 Å². The summed E-state index contributed by atoms with van der Waals surface area (Å²) in [6.07, 6.45) is 12.9. The second-order valence-corrected chi connectivity index (χ2v) is 13.0. The molecule has 3 heteroatoms. The molecule has 1 unspecified atom stereocenters. The fourth-order valence-corrected chi connectivity index (χ4v) is 6.11. The van der Waals surface area contributed by atoms with Crippen LogP contribution in [-0.4, -0.2) is 14.6 Å². The molecule has 0 radical (unpaired) electrons. The van der Waals surface area contributed by atoms with E-state index in [9.17, 15) is 5.11 Å². The molecule has 0 aromatic heterocycles. The summed E-state index contributed by atoms with van der Waals surface area (Å²) in [5, 5.41) is 10.5. The van der Waals surface area contributed by atoms with E-state index in [4.69, 9.17) is 4.74 Å². The summed E-state index contributed by atoms with van der Waals surface area (Å²) in [5.74, 6) is 4.00. The van der Waals surface area contributed by atoms with Gasteiger partial charge in [-0.3, -0.25) is 0 Å². The molecule has 0 saturated heterocycles. The number of alkyl halides is 1. The van der Waals surface area contributed by atoms with E-state index in [-0.39, 0.29) is 5.60 Å². The number of rotatable bonds is 12. The van der Waals surface area contributed by atoms with E-state index < -0.39 is 0 Å². The van der Waals surface area contributed by atoms with Crippen LogP contribution in [0.1, 0.15) is 115 Å². The van der Waals surface area contributed by atoms with Crippen molar-refractivity contribution < 1.29 is 9.84 Å². The zero-order valence-electron chi connectivity index (χ0n) is 22.1. The van der Waals surface area contributed by atoms with Gasteiger partial charge >= 0.3 is 0 Å². The summed E-state index contributed by atoms with van der Waals surface area (Å²) < 4.78 is 7.13. The molecular weight excluding hydrogens is 507 g/mol. The molecule has 1 aliphatic heterocycles. The Bertz CT molecular complexity index is 741. The first kappa shape index (κ1) is 27.8. The molecule has 1 N–H and O–H groups in total. The van der Waals surface area contributed by atoms with Gasteiger partial charge in [-0.25, -0.2) is 0 Å². The minimum atomic E-state index is -0.126. The van der Waals surface area contributed by atoms with Gasteiger partial charge in [-0.15, -0.1) is 0 Å². The van der Waals surface area contributed by atoms with Gasteiger partial charge in [0, 0.05) is 5.56 Å². The lowest BCUT2D eigenvalue weighted by Crippen LogP contribution is -2.46. The fourth-order valence-electron chi connectivity index (χ4n) is 5.23. The second kappa shape index (κ2) is 12.3. The van der Waals surface area contributed by atoms with Crippen molar-refractivity contribution in [3.63, 3.8) is 0 Å². The predicted octanol–water partition coefficient (Wildman–Crippen LogP) is 9.25. The third-order valence-electron chi connectivity index (χ3n) is 7.96. The molecule has 2 rings (SSSR count). The lowest BCUT2D eigenvalue weighted by atomic mass is 9.83. The van der Waals surface area contributed by atoms with Crippen molar-refractivity contribution in [1.29, 1.82) is 0 Å². The minimum absolute atomic E-state index is 0.126. The van der Waals surface area contributed by atoms with Crippen molar-refractivity contribution in [1.82, 2.24) is 0 Å². The molecule has 0 amide bonds. The highest BCUT2D eigenvalue weighted by atomic mass is 127. The molecule has 1 aromatic rings. The van der Waals surface area contributed by atoms with Gasteiger partial charge in [-0.05, 0) is 81.4 Å². The number of benzene rings is 1. The summed E-state index contributed by atoms with van der Waals surface area (Å²) in [6, 6.07) is 0. The number of ether oxygens (including phenoxy) is 1. The standard InChI is InChI=1S/C29H49IO2/c1-19(2)12-9-13-20(3)14-10-15-21(4)16-11-17-29(8)26(30)18-25-24(7)27(31)22(5)23(6)28(25)32-29/h19-21,26,31H,9-18H2,1-8H3/t20-,21+,26?,29-/m0/s1. The van der Waals surface area contributed by atoms with E-state index in [1.54, 1.807) is 0 Å². The quantitative estimate of drug-likeness (QED) is 0.205. The average molecular weight is 557 g/mol. The lowest BCUT2D eigenvalue weighted by molar-refractivity contribution is 0.0623. The molecule has 0 aliphatic carbocycles. The maximum atomic E-state index is 10.5. The number of phenols is 1. The largest absolute Gasteiger partial charge is 0.507 e. The van der Waals surface area contributed by atoms with E-state index in [0.717, 1.165) is 53.0 Å². The first-order valence-electron chi connectivity index (χ1n) is 13.1. The number of fused-ring (bicyclic) bond motifs is 1. The molecule has 0 saturated carbocycles. The number of aromatic hydroxyl groups is 1. The molecule has 4 atom stereocenters. The Morgan fingerprint density at radius 2 is 1.41 bits per heavy atom. The third kappa shape index (κ3) is 7.27. The smallest absolute Gasteiger partial charge is 0.127 e. The van der Waals surface area contributed by atoms with Crippen LogP contribution in [0.15, 0.2) is 0 Å². The maximum Gasteiger partial charge on any atom is 0.127 e. The summed E-state index contributed by atoms with van der Waals surface area (Å²) in [7, 11) is 0. The Morgan fingerprint density at radius 3 is 1.97 bits per heavy atom. The Labute approximate surface area is 212 Å². The van der Waals surface area contributed by atoms with Gasteiger partial charge in [0.1, 0.15) is 17.1 Å². The molecule has 184 valence electrons. The first-order valence-corrected chi connectivity index (χ1v) is 14.4. The SMILES string of the molecule is Cc1c(C)c2c(c(C)c1O)CC(I)[C@](C)(CCC[C@H](C)CCC[C@@H](C)CCCC(C)C)O2. The summed E-state index contributed by atoms with van der Waals surface area (Å²) in [5.41, 5.74) is 4.15. The van der Waals surface area contributed by atoms with Crippen LogP contribution in [-0.2, 0) is 6.42 Å². The van der Waals surface area contributed by atoms with Crippen LogP contribution in [0.2, 0.25) is 0 Å². The summed E-state index contributed by atoms with van der Waals surface area (Å²) in [6.45, 7) is 18.0. The van der Waals surface area contributed by atoms with Gasteiger partial charge < -0.3 is 9.84 Å². The van der Waals surface area contributed by atoms with Crippen molar-refractivity contribution in [2.24, 2.45) is 17.8 Å². The highest BCUT2D eigenvalue weighted by Gasteiger charge is 2.41. The molecule has 0 spiro atoms. The molecule has 1 aromatic carbocycles. The molecular formula is C29H49IO2. The minimum Gasteiger partial charge on any atom is -0.507 e. The van der Waals surface area contributed by atoms with Crippen LogP contribution < -0.4 is 4.74 Å². The highest BCUT2D eigenvalue weighted by Crippen LogP contribution is 2.46. The monoisotopic (exact) mass is 556 g/mol. The number of hydrogen-bond acceptors (Lipinski definition) is 2. The Morgan fingerprint density at radius 1 is 0.875 bits per heavy atom. The molecule has 0 bridgehead atoms. The van der Waals surface area contributed by atoms with Crippen molar-refractivity contribution in [2.75, 3.05) is 0 Å². The second-order valence-electron chi connectivity index (χ2n) is 11.5. The van der Waals surface area contributed by atoms with Gasteiger partial charge in [-0.2, -0.15) is 0 Å². The van der Waals surface area contributed by atoms with E-state index in [1.807, 2.05) is 13.8 Å². The van der Waals surface area contributed by atoms with Crippen LogP contribution in [0.25, 0.3) is 0 Å². The van der Waals surface area contributed by atoms with Gasteiger partial charge in [0.25, 0.3) is 0 Å². The Kier molecular flexibility index (Phi) is 10.7. The van der Waals surface area contributed by atoms with E-state index in [1.165, 1.54) is 56.9 Å². The number of phenolic OH excluding ortho intramolecular Hbond substituents is 1. The van der Waals surface area contributed by atoms with E-state index >= 15 is 0 Å². The first-order chi connectivity index (χ1) is 15.0. The van der Waals surface area contributed by atoms with Crippen LogP contribution in [0.4, 0.5) is 0 Å². The van der Waals surface area contributed by atoms with E-state index in [2.05, 4.69) is 64.1 Å². The molecule has 32 heavy (non-hydrogen) atoms. The predicted molar refractivity (Wildman–Crippen MR) is 148 cm³/mol. The van der Waals surface area contributed by atoms with Crippen molar-refractivity contribution >= 4 is 22.6 Å². The molecule has 1 aliphatic rings. The fraction of sp³-hybridized carbons (Fsp3) is 0.793. The Balaban J connectivity index is 1.80. The van der Waals surface area contributed by atoms with Crippen LogP contribution in [0, 0.1) is 38.5 Å². The van der Waals surface area contributed by atoms with Crippen LogP contribution in [0.5, 0.6) is 11.5 Å². The van der Waals surface area contributed by atoms with Gasteiger partial charge in [0.15, 0.2) is 0 Å². The van der Waals surface area contributed by atoms with Crippen molar-refractivity contribution in [3.8, 4) is 11.5 Å². The van der Waals surface area contributed by atoms with Crippen LogP contribution >= 0.6 is 22.6 Å².